The van der Waals surface area contributed by atoms with Crippen LogP contribution < -0.4 is 5.73 Å². The van der Waals surface area contributed by atoms with Crippen molar-refractivity contribution in [1.82, 2.24) is 0 Å². The van der Waals surface area contributed by atoms with Crippen LogP contribution in [0.3, 0.4) is 0 Å². The zero-order valence-corrected chi connectivity index (χ0v) is 9.17. The highest BCUT2D eigenvalue weighted by atomic mass is 79.9. The Morgan fingerprint density at radius 1 is 1.75 bits per heavy atom. The number of rotatable bonds is 3. The molecule has 1 heterocycles. The fourth-order valence-electron chi connectivity index (χ4n) is 0.863. The molecular weight excluding hydrogens is 238 g/mol. The van der Waals surface area contributed by atoms with E-state index in [1.165, 1.54) is 11.3 Å². The summed E-state index contributed by atoms with van der Waals surface area (Å²) in [6, 6.07) is 0. The van der Waals surface area contributed by atoms with Gasteiger partial charge in [0.15, 0.2) is 5.78 Å². The van der Waals surface area contributed by atoms with Gasteiger partial charge in [-0.3, -0.25) is 4.79 Å². The lowest BCUT2D eigenvalue weighted by molar-refractivity contribution is 0.0988. The summed E-state index contributed by atoms with van der Waals surface area (Å²) in [6.45, 7) is 2.39. The molecule has 0 atom stereocenters. The molecule has 0 bridgehead atoms. The molecule has 0 aliphatic carbocycles. The molecule has 66 valence electrons. The zero-order valence-electron chi connectivity index (χ0n) is 6.76. The van der Waals surface area contributed by atoms with Crippen molar-refractivity contribution in [1.29, 1.82) is 0 Å². The van der Waals surface area contributed by atoms with Crippen molar-refractivity contribution >= 4 is 33.0 Å². The van der Waals surface area contributed by atoms with E-state index in [1.807, 2.05) is 12.3 Å². The number of ketones is 1. The molecule has 0 amide bonds. The first-order chi connectivity index (χ1) is 5.66. The first-order valence-corrected chi connectivity index (χ1v) is 5.31. The Bertz CT molecular complexity index is 295. The van der Waals surface area contributed by atoms with Crippen molar-refractivity contribution in [3.63, 3.8) is 0 Å². The molecule has 4 heteroatoms. The van der Waals surface area contributed by atoms with Crippen LogP contribution in [0.15, 0.2) is 9.85 Å². The third-order valence-electron chi connectivity index (χ3n) is 1.52. The molecule has 0 radical (unpaired) electrons. The quantitative estimate of drug-likeness (QED) is 0.834. The molecule has 12 heavy (non-hydrogen) atoms. The molecule has 0 fully saturated rings. The normalized spacial score (nSPS) is 10.2. The summed E-state index contributed by atoms with van der Waals surface area (Å²) < 4.78 is 0.922. The summed E-state index contributed by atoms with van der Waals surface area (Å²) in [7, 11) is 0. The van der Waals surface area contributed by atoms with Crippen LogP contribution in [-0.4, -0.2) is 12.3 Å². The second kappa shape index (κ2) is 4.16. The van der Waals surface area contributed by atoms with E-state index in [0.29, 0.717) is 13.0 Å². The highest BCUT2D eigenvalue weighted by Crippen LogP contribution is 2.28. The number of thiophene rings is 1. The lowest BCUT2D eigenvalue weighted by atomic mass is 10.2. The van der Waals surface area contributed by atoms with Crippen LogP contribution >= 0.6 is 27.3 Å². The van der Waals surface area contributed by atoms with Crippen LogP contribution in [0.2, 0.25) is 0 Å². The van der Waals surface area contributed by atoms with Crippen molar-refractivity contribution in [2.75, 3.05) is 6.54 Å². The molecule has 1 aromatic heterocycles. The second-order valence-electron chi connectivity index (χ2n) is 2.52. The zero-order chi connectivity index (χ0) is 9.14. The Kier molecular flexibility index (Phi) is 3.43. The molecule has 0 aliphatic rings. The summed E-state index contributed by atoms with van der Waals surface area (Å²) in [5.41, 5.74) is 6.40. The Morgan fingerprint density at radius 3 is 2.83 bits per heavy atom. The lowest BCUT2D eigenvalue weighted by Crippen LogP contribution is -2.07. The second-order valence-corrected chi connectivity index (χ2v) is 4.20. The number of Topliss-reactive ketones (excluding diaryl/α,β-unsaturated/α-hetero) is 1. The number of nitrogens with two attached hydrogens (primary N) is 1. The fraction of sp³-hybridized carbons (Fsp3) is 0.375. The van der Waals surface area contributed by atoms with Crippen molar-refractivity contribution in [3.8, 4) is 0 Å². The fourth-order valence-corrected chi connectivity index (χ4v) is 2.54. The molecule has 2 N–H and O–H groups in total. The van der Waals surface area contributed by atoms with E-state index in [-0.39, 0.29) is 5.78 Å². The first-order valence-electron chi connectivity index (χ1n) is 3.63. The molecule has 0 aliphatic heterocycles. The highest BCUT2D eigenvalue weighted by Gasteiger charge is 2.12. The van der Waals surface area contributed by atoms with Gasteiger partial charge in [0.2, 0.25) is 0 Å². The number of halogens is 1. The summed E-state index contributed by atoms with van der Waals surface area (Å²) in [4.78, 5) is 12.2. The van der Waals surface area contributed by atoms with Gasteiger partial charge in [-0.15, -0.1) is 11.3 Å². The Hall–Kier alpha value is -0.190. The number of carbonyl (C=O) groups is 1. The third-order valence-corrected chi connectivity index (χ3v) is 3.95. The Morgan fingerprint density at radius 2 is 2.42 bits per heavy atom. The van der Waals surface area contributed by atoms with Crippen molar-refractivity contribution in [3.05, 3.63) is 20.3 Å². The average Bonchev–Trinajstić information content (AvgIpc) is 2.34. The van der Waals surface area contributed by atoms with Crippen LogP contribution in [0.25, 0.3) is 0 Å². The average molecular weight is 248 g/mol. The highest BCUT2D eigenvalue weighted by molar-refractivity contribution is 9.10. The van der Waals surface area contributed by atoms with Gasteiger partial charge in [-0.1, -0.05) is 0 Å². The first kappa shape index (κ1) is 9.89. The van der Waals surface area contributed by atoms with Crippen molar-refractivity contribution in [2.24, 2.45) is 5.73 Å². The van der Waals surface area contributed by atoms with Crippen molar-refractivity contribution in [2.45, 2.75) is 13.3 Å². The van der Waals surface area contributed by atoms with E-state index >= 15 is 0 Å². The topological polar surface area (TPSA) is 43.1 Å². The lowest BCUT2D eigenvalue weighted by Gasteiger charge is -1.95. The monoisotopic (exact) mass is 247 g/mol. The summed E-state index contributed by atoms with van der Waals surface area (Å²) in [5.74, 6) is 0.127. The standard InChI is InChI=1S/C8H10BrNOS/c1-5-4-12-8(7(5)9)6(11)2-3-10/h4H,2-3,10H2,1H3. The third kappa shape index (κ3) is 1.94. The van der Waals surface area contributed by atoms with Gasteiger partial charge in [0, 0.05) is 10.9 Å². The number of hydrogen-bond acceptors (Lipinski definition) is 3. The van der Waals surface area contributed by atoms with Gasteiger partial charge in [-0.05, 0) is 40.3 Å². The van der Waals surface area contributed by atoms with E-state index in [9.17, 15) is 4.79 Å². The molecule has 1 rings (SSSR count). The maximum Gasteiger partial charge on any atom is 0.175 e. The van der Waals surface area contributed by atoms with E-state index < -0.39 is 0 Å². The van der Waals surface area contributed by atoms with Crippen LogP contribution in [0.4, 0.5) is 0 Å². The van der Waals surface area contributed by atoms with Gasteiger partial charge in [-0.25, -0.2) is 0 Å². The van der Waals surface area contributed by atoms with Crippen LogP contribution in [0.1, 0.15) is 21.7 Å². The van der Waals surface area contributed by atoms with E-state index in [0.717, 1.165) is 14.9 Å². The molecule has 0 saturated carbocycles. The SMILES string of the molecule is Cc1csc(C(=O)CCN)c1Br. The van der Waals surface area contributed by atoms with E-state index in [4.69, 9.17) is 5.73 Å². The minimum atomic E-state index is 0.127. The molecule has 0 saturated heterocycles. The van der Waals surface area contributed by atoms with Crippen LogP contribution in [-0.2, 0) is 0 Å². The van der Waals surface area contributed by atoms with Gasteiger partial charge in [-0.2, -0.15) is 0 Å². The number of aryl methyl sites for hydroxylation is 1. The molecule has 1 aromatic rings. The molecule has 0 spiro atoms. The molecule has 0 unspecified atom stereocenters. The van der Waals surface area contributed by atoms with Gasteiger partial charge in [0.1, 0.15) is 0 Å². The van der Waals surface area contributed by atoms with Gasteiger partial charge < -0.3 is 5.73 Å². The minimum absolute atomic E-state index is 0.127. The molecule has 0 aromatic carbocycles. The maximum atomic E-state index is 11.4. The van der Waals surface area contributed by atoms with Crippen LogP contribution in [0, 0.1) is 6.92 Å². The predicted molar refractivity (Wildman–Crippen MR) is 54.8 cm³/mol. The van der Waals surface area contributed by atoms with Crippen molar-refractivity contribution < 1.29 is 4.79 Å². The minimum Gasteiger partial charge on any atom is -0.330 e. The Labute approximate surface area is 83.9 Å². The predicted octanol–water partition coefficient (Wildman–Crippen LogP) is 2.35. The summed E-state index contributed by atoms with van der Waals surface area (Å²) in [5, 5.41) is 1.97. The molecule has 2 nitrogen and oxygen atoms in total. The smallest absolute Gasteiger partial charge is 0.175 e. The maximum absolute atomic E-state index is 11.4. The van der Waals surface area contributed by atoms with E-state index in [2.05, 4.69) is 15.9 Å². The van der Waals surface area contributed by atoms with E-state index in [1.54, 1.807) is 0 Å². The van der Waals surface area contributed by atoms with Gasteiger partial charge in [0.05, 0.1) is 4.88 Å². The summed E-state index contributed by atoms with van der Waals surface area (Å²) >= 11 is 4.84. The molecular formula is C8H10BrNOS. The van der Waals surface area contributed by atoms with Crippen LogP contribution in [0.5, 0.6) is 0 Å². The van der Waals surface area contributed by atoms with Gasteiger partial charge >= 0.3 is 0 Å². The Balaban J connectivity index is 2.88. The van der Waals surface area contributed by atoms with Gasteiger partial charge in [0.25, 0.3) is 0 Å². The largest absolute Gasteiger partial charge is 0.330 e. The number of carbonyl (C=O) groups excluding carboxylic acids is 1. The summed E-state index contributed by atoms with van der Waals surface area (Å²) in [6.07, 6.45) is 0.429. The number of hydrogen-bond donors (Lipinski definition) is 1.